The lowest BCUT2D eigenvalue weighted by Crippen LogP contribution is -2.15. The number of nitrogens with zero attached hydrogens (tertiary/aromatic N) is 4. The molecule has 0 aliphatic heterocycles. The molecule has 8 nitrogen and oxygen atoms in total. The summed E-state index contributed by atoms with van der Waals surface area (Å²) in [6, 6.07) is 11.2. The number of carbonyl (C=O) groups is 1. The van der Waals surface area contributed by atoms with Gasteiger partial charge in [0.15, 0.2) is 5.76 Å². The third-order valence-corrected chi connectivity index (χ3v) is 5.96. The second-order valence-corrected chi connectivity index (χ2v) is 8.10. The van der Waals surface area contributed by atoms with E-state index in [0.717, 1.165) is 22.0 Å². The summed E-state index contributed by atoms with van der Waals surface area (Å²) in [5.41, 5.74) is 2.71. The first-order valence-electron chi connectivity index (χ1n) is 8.76. The highest BCUT2D eigenvalue weighted by molar-refractivity contribution is 7.98. The zero-order chi connectivity index (χ0) is 20.2. The topological polar surface area (TPSA) is 112 Å². The number of furan rings is 1. The summed E-state index contributed by atoms with van der Waals surface area (Å²) in [5, 5.41) is 14.3. The molecule has 0 fully saturated rings. The van der Waals surface area contributed by atoms with Gasteiger partial charge in [-0.25, -0.2) is 9.66 Å². The lowest BCUT2D eigenvalue weighted by molar-refractivity contribution is -0.115. The molecule has 148 valence electrons. The molecule has 1 aromatic carbocycles. The van der Waals surface area contributed by atoms with Crippen molar-refractivity contribution in [3.05, 3.63) is 64.3 Å². The van der Waals surface area contributed by atoms with Gasteiger partial charge in [0, 0.05) is 16.8 Å². The van der Waals surface area contributed by atoms with Crippen molar-refractivity contribution >= 4 is 34.7 Å². The SMILES string of the molecule is Cc1ccccc1NC(=O)Cc1nc(CSc2nnc(-c3ccco3)n2N)cs1. The van der Waals surface area contributed by atoms with Crippen LogP contribution in [0.25, 0.3) is 11.6 Å². The molecule has 0 saturated carbocycles. The second-order valence-electron chi connectivity index (χ2n) is 6.21. The largest absolute Gasteiger partial charge is 0.461 e. The molecule has 1 amide bonds. The molecule has 0 saturated heterocycles. The average molecular weight is 427 g/mol. The summed E-state index contributed by atoms with van der Waals surface area (Å²) < 4.78 is 6.70. The van der Waals surface area contributed by atoms with Gasteiger partial charge in [-0.1, -0.05) is 30.0 Å². The Hall–Kier alpha value is -3.11. The van der Waals surface area contributed by atoms with E-state index in [0.29, 0.717) is 22.5 Å². The Morgan fingerprint density at radius 3 is 2.93 bits per heavy atom. The Balaban J connectivity index is 1.34. The summed E-state index contributed by atoms with van der Waals surface area (Å²) >= 11 is 2.88. The number of nitrogen functional groups attached to an aromatic ring is 1. The molecule has 3 heterocycles. The van der Waals surface area contributed by atoms with Crippen molar-refractivity contribution in [2.45, 2.75) is 24.3 Å². The van der Waals surface area contributed by atoms with Crippen molar-refractivity contribution in [2.24, 2.45) is 0 Å². The van der Waals surface area contributed by atoms with Crippen molar-refractivity contribution in [3.8, 4) is 11.6 Å². The van der Waals surface area contributed by atoms with Crippen LogP contribution >= 0.6 is 23.1 Å². The zero-order valence-corrected chi connectivity index (χ0v) is 17.2. The van der Waals surface area contributed by atoms with Crippen LogP contribution in [0.15, 0.2) is 57.6 Å². The monoisotopic (exact) mass is 426 g/mol. The summed E-state index contributed by atoms with van der Waals surface area (Å²) in [4.78, 5) is 16.8. The van der Waals surface area contributed by atoms with E-state index >= 15 is 0 Å². The van der Waals surface area contributed by atoms with Gasteiger partial charge in [-0.15, -0.1) is 21.5 Å². The van der Waals surface area contributed by atoms with E-state index in [1.807, 2.05) is 36.6 Å². The maximum atomic E-state index is 12.3. The highest BCUT2D eigenvalue weighted by atomic mass is 32.2. The van der Waals surface area contributed by atoms with Gasteiger partial charge in [-0.05, 0) is 30.7 Å². The Labute approximate surface area is 175 Å². The number of thioether (sulfide) groups is 1. The quantitative estimate of drug-likeness (QED) is 0.344. The Morgan fingerprint density at radius 1 is 1.28 bits per heavy atom. The molecule has 4 aromatic rings. The zero-order valence-electron chi connectivity index (χ0n) is 15.5. The highest BCUT2D eigenvalue weighted by Gasteiger charge is 2.15. The van der Waals surface area contributed by atoms with Crippen molar-refractivity contribution in [1.29, 1.82) is 0 Å². The van der Waals surface area contributed by atoms with Crippen LogP contribution < -0.4 is 11.2 Å². The molecule has 0 radical (unpaired) electrons. The van der Waals surface area contributed by atoms with Gasteiger partial charge in [0.1, 0.15) is 5.01 Å². The van der Waals surface area contributed by atoms with Crippen LogP contribution in [0.1, 0.15) is 16.3 Å². The molecular formula is C19H18N6O2S2. The standard InChI is InChI=1S/C19H18N6O2S2/c1-12-5-2-3-6-14(12)22-16(26)9-17-21-13(10-28-17)11-29-19-24-23-18(25(19)20)15-7-4-8-27-15/h2-8,10H,9,11,20H2,1H3,(H,22,26). The first-order chi connectivity index (χ1) is 14.1. The predicted octanol–water partition coefficient (Wildman–Crippen LogP) is 3.49. The van der Waals surface area contributed by atoms with Gasteiger partial charge < -0.3 is 15.6 Å². The molecule has 0 spiro atoms. The predicted molar refractivity (Wildman–Crippen MR) is 113 cm³/mol. The highest BCUT2D eigenvalue weighted by Crippen LogP contribution is 2.25. The number of para-hydroxylation sites is 1. The fourth-order valence-electron chi connectivity index (χ4n) is 2.63. The molecule has 0 aliphatic rings. The van der Waals surface area contributed by atoms with E-state index in [-0.39, 0.29) is 12.3 Å². The molecule has 0 atom stereocenters. The molecular weight excluding hydrogens is 408 g/mol. The summed E-state index contributed by atoms with van der Waals surface area (Å²) in [5.74, 6) is 7.56. The number of thiazole rings is 1. The van der Waals surface area contributed by atoms with Crippen molar-refractivity contribution < 1.29 is 9.21 Å². The number of aromatic nitrogens is 4. The van der Waals surface area contributed by atoms with Crippen LogP contribution in [0, 0.1) is 6.92 Å². The Bertz CT molecular complexity index is 1120. The van der Waals surface area contributed by atoms with E-state index in [1.54, 1.807) is 18.4 Å². The molecule has 29 heavy (non-hydrogen) atoms. The van der Waals surface area contributed by atoms with E-state index in [1.165, 1.54) is 27.8 Å². The summed E-state index contributed by atoms with van der Waals surface area (Å²) in [7, 11) is 0. The molecule has 4 rings (SSSR count). The fraction of sp³-hybridized carbons (Fsp3) is 0.158. The molecule has 0 aliphatic carbocycles. The van der Waals surface area contributed by atoms with Gasteiger partial charge >= 0.3 is 0 Å². The van der Waals surface area contributed by atoms with Crippen molar-refractivity contribution in [3.63, 3.8) is 0 Å². The first-order valence-corrected chi connectivity index (χ1v) is 10.6. The smallest absolute Gasteiger partial charge is 0.231 e. The normalized spacial score (nSPS) is 10.9. The lowest BCUT2D eigenvalue weighted by Gasteiger charge is -2.06. The van der Waals surface area contributed by atoms with Crippen molar-refractivity contribution in [1.82, 2.24) is 19.9 Å². The number of aryl methyl sites for hydroxylation is 1. The van der Waals surface area contributed by atoms with Gasteiger partial charge in [-0.2, -0.15) is 0 Å². The molecule has 3 aromatic heterocycles. The number of anilines is 1. The van der Waals surface area contributed by atoms with Gasteiger partial charge in [0.2, 0.25) is 16.9 Å². The van der Waals surface area contributed by atoms with E-state index in [9.17, 15) is 4.79 Å². The molecule has 10 heteroatoms. The van der Waals surface area contributed by atoms with Crippen LogP contribution in [0.5, 0.6) is 0 Å². The van der Waals surface area contributed by atoms with E-state index in [4.69, 9.17) is 10.3 Å². The number of hydrogen-bond acceptors (Lipinski definition) is 8. The summed E-state index contributed by atoms with van der Waals surface area (Å²) in [6.45, 7) is 1.96. The Morgan fingerprint density at radius 2 is 2.14 bits per heavy atom. The van der Waals surface area contributed by atoms with E-state index < -0.39 is 0 Å². The second kappa shape index (κ2) is 8.50. The number of rotatable bonds is 7. The maximum Gasteiger partial charge on any atom is 0.231 e. The first kappa shape index (κ1) is 19.2. The number of nitrogens with one attached hydrogen (secondary N) is 1. The van der Waals surface area contributed by atoms with Gasteiger partial charge in [0.25, 0.3) is 0 Å². The third kappa shape index (κ3) is 4.49. The molecule has 0 unspecified atom stereocenters. The number of benzene rings is 1. The van der Waals surface area contributed by atoms with Gasteiger partial charge in [-0.3, -0.25) is 4.79 Å². The minimum Gasteiger partial charge on any atom is -0.461 e. The maximum absolute atomic E-state index is 12.3. The van der Waals surface area contributed by atoms with Crippen LogP contribution in [0.4, 0.5) is 5.69 Å². The fourth-order valence-corrected chi connectivity index (χ4v) is 4.28. The minimum absolute atomic E-state index is 0.0855. The number of amides is 1. The lowest BCUT2D eigenvalue weighted by atomic mass is 10.2. The summed E-state index contributed by atoms with van der Waals surface area (Å²) in [6.07, 6.45) is 1.79. The molecule has 3 N–H and O–H groups in total. The number of carbonyl (C=O) groups excluding carboxylic acids is 1. The van der Waals surface area contributed by atoms with Crippen LogP contribution in [0.2, 0.25) is 0 Å². The van der Waals surface area contributed by atoms with Crippen LogP contribution in [-0.4, -0.2) is 25.8 Å². The minimum atomic E-state index is -0.0855. The molecule has 0 bridgehead atoms. The van der Waals surface area contributed by atoms with Gasteiger partial charge in [0.05, 0.1) is 18.4 Å². The Kier molecular flexibility index (Phi) is 5.63. The number of hydrogen-bond donors (Lipinski definition) is 2. The van der Waals surface area contributed by atoms with Crippen LogP contribution in [-0.2, 0) is 17.0 Å². The third-order valence-electron chi connectivity index (χ3n) is 4.09. The average Bonchev–Trinajstić information content (AvgIpc) is 3.44. The van der Waals surface area contributed by atoms with Crippen molar-refractivity contribution in [2.75, 3.05) is 11.2 Å². The number of nitrogens with two attached hydrogens (primary N) is 1. The van der Waals surface area contributed by atoms with E-state index in [2.05, 4.69) is 20.5 Å². The van der Waals surface area contributed by atoms with Crippen LogP contribution in [0.3, 0.4) is 0 Å².